The van der Waals surface area contributed by atoms with Crippen LogP contribution >= 0.6 is 39.1 Å². The summed E-state index contributed by atoms with van der Waals surface area (Å²) in [5.74, 6) is -1.64. The molecule has 6 nitrogen and oxygen atoms in total. The van der Waals surface area contributed by atoms with Crippen molar-refractivity contribution in [2.24, 2.45) is 0 Å². The summed E-state index contributed by atoms with van der Waals surface area (Å²) in [5.41, 5.74) is 1.08. The van der Waals surface area contributed by atoms with E-state index in [4.69, 9.17) is 27.9 Å². The van der Waals surface area contributed by atoms with Crippen molar-refractivity contribution in [2.75, 3.05) is 13.2 Å². The van der Waals surface area contributed by atoms with E-state index < -0.39 is 30.4 Å². The van der Waals surface area contributed by atoms with Gasteiger partial charge in [0.2, 0.25) is 0 Å². The fourth-order valence-corrected chi connectivity index (χ4v) is 3.27. The van der Waals surface area contributed by atoms with Crippen molar-refractivity contribution in [1.82, 2.24) is 10.6 Å². The fraction of sp³-hybridized carbons (Fsp3) is 0.211. The lowest BCUT2D eigenvalue weighted by molar-refractivity contribution is -0.147. The Kier molecular flexibility index (Phi) is 8.29. The number of amides is 2. The Hall–Kier alpha value is -2.09. The average molecular weight is 488 g/mol. The number of ether oxygens (including phenoxy) is 1. The topological polar surface area (TPSA) is 84.5 Å². The molecule has 0 aliphatic rings. The molecule has 2 aromatic rings. The summed E-state index contributed by atoms with van der Waals surface area (Å²) in [4.78, 5) is 35.6. The second kappa shape index (κ2) is 10.5. The van der Waals surface area contributed by atoms with Crippen molar-refractivity contribution in [3.8, 4) is 0 Å². The lowest BCUT2D eigenvalue weighted by atomic mass is 10.1. The van der Waals surface area contributed by atoms with Crippen molar-refractivity contribution < 1.29 is 19.1 Å². The van der Waals surface area contributed by atoms with E-state index in [-0.39, 0.29) is 6.54 Å². The summed E-state index contributed by atoms with van der Waals surface area (Å²) in [5, 5.41) is 6.02. The Morgan fingerprint density at radius 3 is 2.57 bits per heavy atom. The summed E-state index contributed by atoms with van der Waals surface area (Å²) in [6.07, 6.45) is 0. The molecule has 2 N–H and O–H groups in total. The second-order valence-electron chi connectivity index (χ2n) is 5.81. The van der Waals surface area contributed by atoms with E-state index in [1.165, 1.54) is 0 Å². The lowest BCUT2D eigenvalue weighted by Crippen LogP contribution is -2.34. The normalized spacial score (nSPS) is 11.4. The molecule has 0 radical (unpaired) electrons. The number of rotatable bonds is 7. The van der Waals surface area contributed by atoms with Gasteiger partial charge >= 0.3 is 5.97 Å². The zero-order valence-electron chi connectivity index (χ0n) is 14.8. The summed E-state index contributed by atoms with van der Waals surface area (Å²) in [6, 6.07) is 11.3. The van der Waals surface area contributed by atoms with Crippen LogP contribution in [0.1, 0.15) is 28.9 Å². The minimum atomic E-state index is -0.726. The molecule has 2 rings (SSSR count). The number of hydrogen-bond donors (Lipinski definition) is 2. The molecule has 0 spiro atoms. The molecule has 1 unspecified atom stereocenters. The third kappa shape index (κ3) is 6.82. The first-order valence-electron chi connectivity index (χ1n) is 8.20. The molecule has 0 fully saturated rings. The molecule has 0 heterocycles. The molecule has 2 amide bonds. The number of esters is 1. The van der Waals surface area contributed by atoms with Crippen LogP contribution in [0.25, 0.3) is 0 Å². The molecule has 148 valence electrons. The van der Waals surface area contributed by atoms with E-state index in [1.807, 2.05) is 0 Å². The van der Waals surface area contributed by atoms with Gasteiger partial charge in [0.1, 0.15) is 6.54 Å². The van der Waals surface area contributed by atoms with Crippen LogP contribution in [0.5, 0.6) is 0 Å². The van der Waals surface area contributed by atoms with Crippen molar-refractivity contribution in [1.29, 1.82) is 0 Å². The van der Waals surface area contributed by atoms with Crippen LogP contribution in [-0.2, 0) is 14.3 Å². The molecule has 1 atom stereocenters. The van der Waals surface area contributed by atoms with Crippen LogP contribution in [0.15, 0.2) is 46.9 Å². The smallest absolute Gasteiger partial charge is 0.325 e. The van der Waals surface area contributed by atoms with Crippen LogP contribution < -0.4 is 10.6 Å². The first kappa shape index (κ1) is 22.2. The van der Waals surface area contributed by atoms with Crippen molar-refractivity contribution >= 4 is 56.9 Å². The predicted molar refractivity (Wildman–Crippen MR) is 110 cm³/mol. The summed E-state index contributed by atoms with van der Waals surface area (Å²) in [6.45, 7) is 0.922. The number of hydrogen-bond acceptors (Lipinski definition) is 4. The second-order valence-corrected chi connectivity index (χ2v) is 7.57. The molecule has 0 aliphatic heterocycles. The molecule has 2 aromatic carbocycles. The van der Waals surface area contributed by atoms with Crippen LogP contribution in [0.2, 0.25) is 10.0 Å². The maximum Gasteiger partial charge on any atom is 0.325 e. The van der Waals surface area contributed by atoms with Crippen LogP contribution in [-0.4, -0.2) is 30.9 Å². The molecule has 0 saturated heterocycles. The van der Waals surface area contributed by atoms with E-state index in [9.17, 15) is 14.4 Å². The van der Waals surface area contributed by atoms with Crippen LogP contribution in [0.3, 0.4) is 0 Å². The van der Waals surface area contributed by atoms with Gasteiger partial charge in [-0.2, -0.15) is 0 Å². The monoisotopic (exact) mass is 486 g/mol. The number of benzene rings is 2. The predicted octanol–water partition coefficient (Wildman–Crippen LogP) is 3.91. The first-order valence-corrected chi connectivity index (χ1v) is 9.75. The molecule has 0 aliphatic carbocycles. The number of nitrogens with one attached hydrogen (secondary N) is 2. The van der Waals surface area contributed by atoms with Gasteiger partial charge in [-0.05, 0) is 42.8 Å². The highest BCUT2D eigenvalue weighted by Gasteiger charge is 2.15. The van der Waals surface area contributed by atoms with Gasteiger partial charge in [0, 0.05) is 20.1 Å². The Morgan fingerprint density at radius 2 is 1.89 bits per heavy atom. The van der Waals surface area contributed by atoms with E-state index in [0.29, 0.717) is 21.2 Å². The van der Waals surface area contributed by atoms with E-state index in [0.717, 1.165) is 4.47 Å². The van der Waals surface area contributed by atoms with Crippen molar-refractivity contribution in [3.63, 3.8) is 0 Å². The Bertz CT molecular complexity index is 892. The SMILES string of the molecule is CC(NC(=O)COC(=O)CNC(=O)c1cccc(Br)c1)c1ccc(Cl)cc1Cl. The summed E-state index contributed by atoms with van der Waals surface area (Å²) < 4.78 is 5.62. The lowest BCUT2D eigenvalue weighted by Gasteiger charge is -2.16. The molecule has 9 heteroatoms. The molecule has 0 saturated carbocycles. The average Bonchev–Trinajstić information content (AvgIpc) is 2.64. The van der Waals surface area contributed by atoms with Gasteiger partial charge < -0.3 is 15.4 Å². The summed E-state index contributed by atoms with van der Waals surface area (Å²) in [7, 11) is 0. The Labute approximate surface area is 180 Å². The quantitative estimate of drug-likeness (QED) is 0.580. The standard InChI is InChI=1S/C19H17BrCl2N2O4/c1-11(15-6-5-14(21)8-16(15)22)24-17(25)10-28-18(26)9-23-19(27)12-3-2-4-13(20)7-12/h2-8,11H,9-10H2,1H3,(H,23,27)(H,24,25). The van der Waals surface area contributed by atoms with E-state index in [1.54, 1.807) is 49.4 Å². The van der Waals surface area contributed by atoms with Crippen LogP contribution in [0.4, 0.5) is 0 Å². The van der Waals surface area contributed by atoms with Gasteiger partial charge in [-0.15, -0.1) is 0 Å². The first-order chi connectivity index (χ1) is 13.3. The highest BCUT2D eigenvalue weighted by Crippen LogP contribution is 2.25. The van der Waals surface area contributed by atoms with Crippen molar-refractivity contribution in [2.45, 2.75) is 13.0 Å². The maximum atomic E-state index is 12.0. The van der Waals surface area contributed by atoms with Gasteiger partial charge in [-0.1, -0.05) is 51.3 Å². The third-order valence-electron chi connectivity index (χ3n) is 3.65. The van der Waals surface area contributed by atoms with Crippen molar-refractivity contribution in [3.05, 3.63) is 68.1 Å². The number of halogens is 3. The molecular weight excluding hydrogens is 471 g/mol. The van der Waals surface area contributed by atoms with E-state index >= 15 is 0 Å². The molecule has 28 heavy (non-hydrogen) atoms. The third-order valence-corrected chi connectivity index (χ3v) is 4.71. The zero-order chi connectivity index (χ0) is 20.7. The largest absolute Gasteiger partial charge is 0.454 e. The number of carbonyl (C=O) groups is 3. The molecular formula is C19H17BrCl2N2O4. The number of carbonyl (C=O) groups excluding carboxylic acids is 3. The molecule has 0 aromatic heterocycles. The zero-order valence-corrected chi connectivity index (χ0v) is 17.9. The van der Waals surface area contributed by atoms with Gasteiger partial charge in [0.15, 0.2) is 6.61 Å². The Morgan fingerprint density at radius 1 is 1.14 bits per heavy atom. The highest BCUT2D eigenvalue weighted by atomic mass is 79.9. The van der Waals surface area contributed by atoms with Gasteiger partial charge in [0.25, 0.3) is 11.8 Å². The minimum Gasteiger partial charge on any atom is -0.454 e. The van der Waals surface area contributed by atoms with Gasteiger partial charge in [-0.25, -0.2) is 0 Å². The highest BCUT2D eigenvalue weighted by molar-refractivity contribution is 9.10. The summed E-state index contributed by atoms with van der Waals surface area (Å²) >= 11 is 15.2. The minimum absolute atomic E-state index is 0.350. The van der Waals surface area contributed by atoms with Gasteiger partial charge in [-0.3, -0.25) is 14.4 Å². The molecule has 0 bridgehead atoms. The Balaban J connectivity index is 1.76. The van der Waals surface area contributed by atoms with E-state index in [2.05, 4.69) is 26.6 Å². The van der Waals surface area contributed by atoms with Crippen LogP contribution in [0, 0.1) is 0 Å². The maximum absolute atomic E-state index is 12.0. The fourth-order valence-electron chi connectivity index (χ4n) is 2.29. The van der Waals surface area contributed by atoms with Gasteiger partial charge in [0.05, 0.1) is 6.04 Å².